The van der Waals surface area contributed by atoms with Crippen molar-refractivity contribution in [2.75, 3.05) is 13.7 Å². The van der Waals surface area contributed by atoms with Gasteiger partial charge in [0.1, 0.15) is 0 Å². The topological polar surface area (TPSA) is 103 Å². The summed E-state index contributed by atoms with van der Waals surface area (Å²) in [5.74, 6) is -0.109. The molecule has 4 aromatic rings. The summed E-state index contributed by atoms with van der Waals surface area (Å²) in [5, 5.41) is 13.7. The minimum atomic E-state index is -1.10. The molecular weight excluding hydrogens is 490 g/mol. The number of rotatable bonds is 7. The summed E-state index contributed by atoms with van der Waals surface area (Å²) >= 11 is 3.44. The Balaban J connectivity index is 1.82. The second kappa shape index (κ2) is 9.66. The van der Waals surface area contributed by atoms with E-state index in [4.69, 9.17) is 14.6 Å². The van der Waals surface area contributed by atoms with Gasteiger partial charge in [-0.1, -0.05) is 42.5 Å². The van der Waals surface area contributed by atoms with Gasteiger partial charge in [-0.15, -0.1) is 0 Å². The number of benzene rings is 3. The molecule has 0 unspecified atom stereocenters. The minimum Gasteiger partial charge on any atom is -0.493 e. The predicted octanol–water partition coefficient (Wildman–Crippen LogP) is 4.18. The van der Waals surface area contributed by atoms with Gasteiger partial charge in [-0.25, -0.2) is 9.78 Å². The van der Waals surface area contributed by atoms with Crippen LogP contribution in [-0.4, -0.2) is 40.7 Å². The Morgan fingerprint density at radius 3 is 2.58 bits per heavy atom. The van der Waals surface area contributed by atoms with Crippen LogP contribution in [0.15, 0.2) is 81.1 Å². The zero-order valence-electron chi connectivity index (χ0n) is 17.4. The van der Waals surface area contributed by atoms with Crippen molar-refractivity contribution in [1.82, 2.24) is 9.66 Å². The fourth-order valence-electron chi connectivity index (χ4n) is 3.19. The van der Waals surface area contributed by atoms with Gasteiger partial charge in [0.25, 0.3) is 5.56 Å². The van der Waals surface area contributed by atoms with Crippen LogP contribution in [-0.2, 0) is 4.79 Å². The quantitative estimate of drug-likeness (QED) is 0.376. The fourth-order valence-corrected chi connectivity index (χ4v) is 3.61. The number of halogens is 1. The summed E-state index contributed by atoms with van der Waals surface area (Å²) < 4.78 is 12.4. The van der Waals surface area contributed by atoms with E-state index in [0.717, 1.165) is 5.56 Å². The van der Waals surface area contributed by atoms with Crippen LogP contribution in [0.4, 0.5) is 0 Å². The van der Waals surface area contributed by atoms with Crippen LogP contribution in [0.25, 0.3) is 22.3 Å². The monoisotopic (exact) mass is 507 g/mol. The van der Waals surface area contributed by atoms with Crippen molar-refractivity contribution in [1.29, 1.82) is 0 Å². The average molecular weight is 508 g/mol. The molecule has 0 bridgehead atoms. The van der Waals surface area contributed by atoms with Crippen molar-refractivity contribution in [2.24, 2.45) is 5.10 Å². The highest BCUT2D eigenvalue weighted by atomic mass is 79.9. The smallest absolute Gasteiger partial charge is 0.341 e. The first-order valence-electron chi connectivity index (χ1n) is 9.81. The van der Waals surface area contributed by atoms with Crippen molar-refractivity contribution < 1.29 is 19.4 Å². The SMILES string of the molecule is COc1cc(C=Nn2c(-c3ccccc3)nc3ccccc3c2=O)c(Br)cc1OCC(=O)O. The van der Waals surface area contributed by atoms with Crippen molar-refractivity contribution in [3.8, 4) is 22.9 Å². The van der Waals surface area contributed by atoms with Crippen LogP contribution in [0.3, 0.4) is 0 Å². The van der Waals surface area contributed by atoms with Crippen LogP contribution in [0.5, 0.6) is 11.5 Å². The molecule has 0 fully saturated rings. The van der Waals surface area contributed by atoms with Crippen LogP contribution in [0.2, 0.25) is 0 Å². The Morgan fingerprint density at radius 2 is 1.85 bits per heavy atom. The molecule has 8 nitrogen and oxygen atoms in total. The average Bonchev–Trinajstić information content (AvgIpc) is 2.83. The summed E-state index contributed by atoms with van der Waals surface area (Å²) in [6, 6.07) is 19.6. The number of ether oxygens (including phenoxy) is 2. The Hall–Kier alpha value is -3.98. The molecule has 3 aromatic carbocycles. The Bertz CT molecular complexity index is 1420. The highest BCUT2D eigenvalue weighted by Crippen LogP contribution is 2.33. The van der Waals surface area contributed by atoms with Gasteiger partial charge in [0.2, 0.25) is 0 Å². The molecule has 0 saturated heterocycles. The number of carboxylic acids is 1. The molecule has 166 valence electrons. The summed E-state index contributed by atoms with van der Waals surface area (Å²) in [7, 11) is 1.45. The molecular formula is C24H18BrN3O5. The predicted molar refractivity (Wildman–Crippen MR) is 128 cm³/mol. The first-order chi connectivity index (χ1) is 16.0. The first-order valence-corrected chi connectivity index (χ1v) is 10.6. The second-order valence-electron chi connectivity index (χ2n) is 6.89. The lowest BCUT2D eigenvalue weighted by molar-refractivity contribution is -0.139. The van der Waals surface area contributed by atoms with E-state index in [1.807, 2.05) is 36.4 Å². The van der Waals surface area contributed by atoms with Crippen LogP contribution >= 0.6 is 15.9 Å². The minimum absolute atomic E-state index is 0.262. The molecule has 0 atom stereocenters. The summed E-state index contributed by atoms with van der Waals surface area (Å²) in [6.07, 6.45) is 1.50. The molecule has 0 aliphatic carbocycles. The molecule has 9 heteroatoms. The zero-order valence-corrected chi connectivity index (χ0v) is 19.0. The van der Waals surface area contributed by atoms with Gasteiger partial charge in [-0.05, 0) is 40.2 Å². The van der Waals surface area contributed by atoms with E-state index >= 15 is 0 Å². The molecule has 1 heterocycles. The number of carbonyl (C=O) groups is 1. The second-order valence-corrected chi connectivity index (χ2v) is 7.74. The molecule has 0 spiro atoms. The number of aromatic nitrogens is 2. The van der Waals surface area contributed by atoms with Gasteiger partial charge in [-0.3, -0.25) is 4.79 Å². The van der Waals surface area contributed by atoms with E-state index in [-0.39, 0.29) is 11.3 Å². The van der Waals surface area contributed by atoms with E-state index in [0.29, 0.717) is 32.5 Å². The van der Waals surface area contributed by atoms with E-state index in [2.05, 4.69) is 26.0 Å². The molecule has 1 N–H and O–H groups in total. The number of hydrogen-bond donors (Lipinski definition) is 1. The number of hydrogen-bond acceptors (Lipinski definition) is 6. The summed E-state index contributed by atoms with van der Waals surface area (Å²) in [5.41, 5.74) is 1.61. The fraction of sp³-hybridized carbons (Fsp3) is 0.0833. The van der Waals surface area contributed by atoms with Gasteiger partial charge in [0, 0.05) is 15.6 Å². The number of fused-ring (bicyclic) bond motifs is 1. The van der Waals surface area contributed by atoms with E-state index in [1.54, 1.807) is 30.3 Å². The normalized spacial score (nSPS) is 11.1. The number of nitrogens with zero attached hydrogens (tertiary/aromatic N) is 3. The van der Waals surface area contributed by atoms with E-state index < -0.39 is 12.6 Å². The lowest BCUT2D eigenvalue weighted by atomic mass is 10.2. The molecule has 0 aliphatic rings. The van der Waals surface area contributed by atoms with Crippen molar-refractivity contribution >= 4 is 39.0 Å². The molecule has 0 aliphatic heterocycles. The van der Waals surface area contributed by atoms with Crippen LogP contribution < -0.4 is 15.0 Å². The Morgan fingerprint density at radius 1 is 1.12 bits per heavy atom. The third-order valence-electron chi connectivity index (χ3n) is 4.73. The molecule has 1 aromatic heterocycles. The molecule has 0 radical (unpaired) electrons. The highest BCUT2D eigenvalue weighted by molar-refractivity contribution is 9.10. The highest BCUT2D eigenvalue weighted by Gasteiger charge is 2.14. The standard InChI is InChI=1S/C24H18BrN3O5/c1-32-20-11-16(18(25)12-21(20)33-14-22(29)30)13-26-28-23(15-7-3-2-4-8-15)27-19-10-6-5-9-17(19)24(28)31/h2-13H,14H2,1H3,(H,29,30). The van der Waals surface area contributed by atoms with E-state index in [1.165, 1.54) is 18.0 Å². The number of aliphatic carboxylic acids is 1. The third-order valence-corrected chi connectivity index (χ3v) is 5.42. The van der Waals surface area contributed by atoms with E-state index in [9.17, 15) is 9.59 Å². The van der Waals surface area contributed by atoms with Crippen molar-refractivity contribution in [3.05, 3.63) is 87.1 Å². The van der Waals surface area contributed by atoms with Crippen LogP contribution in [0, 0.1) is 0 Å². The Labute approximate surface area is 196 Å². The lowest BCUT2D eigenvalue weighted by Gasteiger charge is -2.12. The lowest BCUT2D eigenvalue weighted by Crippen LogP contribution is -2.20. The van der Waals surface area contributed by atoms with Crippen molar-refractivity contribution in [3.63, 3.8) is 0 Å². The Kier molecular flexibility index (Phi) is 6.50. The third kappa shape index (κ3) is 4.78. The first kappa shape index (κ1) is 22.2. The maximum absolute atomic E-state index is 13.3. The molecule has 33 heavy (non-hydrogen) atoms. The zero-order chi connectivity index (χ0) is 23.4. The number of para-hydroxylation sites is 1. The number of carboxylic acid groups (broad SMARTS) is 1. The molecule has 4 rings (SSSR count). The molecule has 0 saturated carbocycles. The molecule has 0 amide bonds. The maximum atomic E-state index is 13.3. The van der Waals surface area contributed by atoms with Gasteiger partial charge in [0.15, 0.2) is 23.9 Å². The van der Waals surface area contributed by atoms with Gasteiger partial charge < -0.3 is 14.6 Å². The van der Waals surface area contributed by atoms with Crippen LogP contribution in [0.1, 0.15) is 5.56 Å². The largest absolute Gasteiger partial charge is 0.493 e. The summed E-state index contributed by atoms with van der Waals surface area (Å²) in [6.45, 7) is -0.505. The summed E-state index contributed by atoms with van der Waals surface area (Å²) in [4.78, 5) is 28.7. The number of methoxy groups -OCH3 is 1. The van der Waals surface area contributed by atoms with Crippen molar-refractivity contribution in [2.45, 2.75) is 0 Å². The van der Waals surface area contributed by atoms with Gasteiger partial charge >= 0.3 is 5.97 Å². The van der Waals surface area contributed by atoms with Gasteiger partial charge in [0.05, 0.1) is 24.2 Å². The van der Waals surface area contributed by atoms with Gasteiger partial charge in [-0.2, -0.15) is 9.78 Å². The maximum Gasteiger partial charge on any atom is 0.341 e.